The minimum absolute atomic E-state index is 0.305. The van der Waals surface area contributed by atoms with Gasteiger partial charge < -0.3 is 14.8 Å². The third-order valence-corrected chi connectivity index (χ3v) is 3.26. The Morgan fingerprint density at radius 2 is 1.89 bits per heavy atom. The van der Waals surface area contributed by atoms with E-state index in [0.717, 1.165) is 38.6 Å². The van der Waals surface area contributed by atoms with Crippen LogP contribution in [0.25, 0.3) is 0 Å². The van der Waals surface area contributed by atoms with Gasteiger partial charge in [-0.1, -0.05) is 38.1 Å². The molecule has 0 bridgehead atoms. The normalized spacial score (nSPS) is 15.7. The Morgan fingerprint density at radius 3 is 2.47 bits per heavy atom. The summed E-state index contributed by atoms with van der Waals surface area (Å²) in [7, 11) is 0. The molecular weight excluding hydrogens is 238 g/mol. The molecule has 0 radical (unpaired) electrons. The second-order valence-corrected chi connectivity index (χ2v) is 5.63. The average molecular weight is 263 g/mol. The van der Waals surface area contributed by atoms with E-state index >= 15 is 0 Å². The van der Waals surface area contributed by atoms with Gasteiger partial charge in [0.15, 0.2) is 0 Å². The highest BCUT2D eigenvalue weighted by molar-refractivity contribution is 5.22. The molecule has 1 aromatic rings. The quantitative estimate of drug-likeness (QED) is 0.731. The van der Waals surface area contributed by atoms with Gasteiger partial charge in [-0.3, -0.25) is 0 Å². The van der Waals surface area contributed by atoms with Crippen LogP contribution >= 0.6 is 0 Å². The van der Waals surface area contributed by atoms with Crippen molar-refractivity contribution in [1.82, 2.24) is 5.32 Å². The Balaban J connectivity index is 1.65. The molecule has 0 saturated carbocycles. The molecule has 0 unspecified atom stereocenters. The van der Waals surface area contributed by atoms with Crippen molar-refractivity contribution >= 4 is 0 Å². The lowest BCUT2D eigenvalue weighted by Gasteiger charge is -2.25. The lowest BCUT2D eigenvalue weighted by atomic mass is 10.1. The van der Waals surface area contributed by atoms with Gasteiger partial charge in [-0.15, -0.1) is 0 Å². The van der Waals surface area contributed by atoms with Gasteiger partial charge in [-0.2, -0.15) is 0 Å². The molecule has 19 heavy (non-hydrogen) atoms. The highest BCUT2D eigenvalue weighted by Gasteiger charge is 2.18. The van der Waals surface area contributed by atoms with E-state index in [1.54, 1.807) is 0 Å². The second-order valence-electron chi connectivity index (χ2n) is 5.63. The Kier molecular flexibility index (Phi) is 5.83. The first-order chi connectivity index (χ1) is 9.24. The van der Waals surface area contributed by atoms with Gasteiger partial charge in [0.25, 0.3) is 0 Å². The first-order valence-electron chi connectivity index (χ1n) is 7.22. The van der Waals surface area contributed by atoms with Gasteiger partial charge in [0, 0.05) is 0 Å². The standard InChI is InChI=1S/C16H25NO2/c1-13(2)9-17-8-7-14-3-5-15(6-4-14)10-19-16-11-18-12-16/h3-6,13,16-17H,7-12H2,1-2H3. The highest BCUT2D eigenvalue weighted by atomic mass is 16.6. The van der Waals surface area contributed by atoms with E-state index in [1.165, 1.54) is 11.1 Å². The topological polar surface area (TPSA) is 30.5 Å². The van der Waals surface area contributed by atoms with Crippen LogP contribution in [0.4, 0.5) is 0 Å². The fourth-order valence-corrected chi connectivity index (χ4v) is 1.95. The van der Waals surface area contributed by atoms with Gasteiger partial charge >= 0.3 is 0 Å². The maximum absolute atomic E-state index is 5.69. The van der Waals surface area contributed by atoms with Gasteiger partial charge in [-0.25, -0.2) is 0 Å². The molecular formula is C16H25NO2. The van der Waals surface area contributed by atoms with Gasteiger partial charge in [0.2, 0.25) is 0 Å². The Morgan fingerprint density at radius 1 is 1.21 bits per heavy atom. The van der Waals surface area contributed by atoms with Gasteiger partial charge in [0.1, 0.15) is 6.10 Å². The summed E-state index contributed by atoms with van der Waals surface area (Å²) in [5, 5.41) is 3.46. The van der Waals surface area contributed by atoms with Crippen molar-refractivity contribution in [3.05, 3.63) is 35.4 Å². The number of rotatable bonds is 8. The molecule has 106 valence electrons. The van der Waals surface area contributed by atoms with Gasteiger partial charge in [-0.05, 0) is 36.6 Å². The molecule has 0 spiro atoms. The lowest BCUT2D eigenvalue weighted by molar-refractivity contribution is -0.135. The minimum atomic E-state index is 0.305. The van der Waals surface area contributed by atoms with E-state index in [2.05, 4.69) is 43.4 Å². The predicted octanol–water partition coefficient (Wildman–Crippen LogP) is 2.39. The van der Waals surface area contributed by atoms with Crippen LogP contribution in [0, 0.1) is 5.92 Å². The molecule has 1 fully saturated rings. The number of benzene rings is 1. The van der Waals surface area contributed by atoms with Crippen LogP contribution < -0.4 is 5.32 Å². The molecule has 0 aliphatic carbocycles. The van der Waals surface area contributed by atoms with Crippen molar-refractivity contribution in [2.75, 3.05) is 26.3 Å². The highest BCUT2D eigenvalue weighted by Crippen LogP contribution is 2.11. The molecule has 3 nitrogen and oxygen atoms in total. The minimum Gasteiger partial charge on any atom is -0.376 e. The van der Waals surface area contributed by atoms with E-state index in [9.17, 15) is 0 Å². The Bertz CT molecular complexity index is 358. The monoisotopic (exact) mass is 263 g/mol. The van der Waals surface area contributed by atoms with Crippen molar-refractivity contribution in [3.8, 4) is 0 Å². The van der Waals surface area contributed by atoms with Crippen LogP contribution in [0.2, 0.25) is 0 Å². The van der Waals surface area contributed by atoms with Crippen LogP contribution in [0.15, 0.2) is 24.3 Å². The second kappa shape index (κ2) is 7.63. The average Bonchev–Trinajstić information content (AvgIpc) is 2.34. The van der Waals surface area contributed by atoms with Crippen LogP contribution in [-0.2, 0) is 22.5 Å². The molecule has 0 aromatic heterocycles. The van der Waals surface area contributed by atoms with Crippen molar-refractivity contribution in [2.45, 2.75) is 33.0 Å². The number of hydrogen-bond donors (Lipinski definition) is 1. The molecule has 1 aliphatic rings. The van der Waals surface area contributed by atoms with Crippen molar-refractivity contribution < 1.29 is 9.47 Å². The zero-order valence-electron chi connectivity index (χ0n) is 12.0. The third kappa shape index (κ3) is 5.31. The summed E-state index contributed by atoms with van der Waals surface area (Å²) in [4.78, 5) is 0. The number of hydrogen-bond acceptors (Lipinski definition) is 3. The van der Waals surface area contributed by atoms with E-state index in [1.807, 2.05) is 0 Å². The van der Waals surface area contributed by atoms with E-state index in [4.69, 9.17) is 9.47 Å². The summed E-state index contributed by atoms with van der Waals surface area (Å²) in [5.74, 6) is 0.718. The molecule has 3 heteroatoms. The summed E-state index contributed by atoms with van der Waals surface area (Å²) in [6.45, 7) is 8.80. The van der Waals surface area contributed by atoms with Crippen molar-refractivity contribution in [3.63, 3.8) is 0 Å². The summed E-state index contributed by atoms with van der Waals surface area (Å²) >= 11 is 0. The first kappa shape index (κ1) is 14.5. The van der Waals surface area contributed by atoms with Crippen molar-refractivity contribution in [1.29, 1.82) is 0 Å². The molecule has 1 heterocycles. The maximum Gasteiger partial charge on any atom is 0.105 e. The first-order valence-corrected chi connectivity index (χ1v) is 7.22. The largest absolute Gasteiger partial charge is 0.376 e. The van der Waals surface area contributed by atoms with Crippen LogP contribution in [-0.4, -0.2) is 32.4 Å². The Labute approximate surface area is 116 Å². The Hall–Kier alpha value is -0.900. The van der Waals surface area contributed by atoms with Crippen molar-refractivity contribution in [2.24, 2.45) is 5.92 Å². The molecule has 0 atom stereocenters. The zero-order chi connectivity index (χ0) is 13.5. The molecule has 0 amide bonds. The fourth-order valence-electron chi connectivity index (χ4n) is 1.95. The molecule has 1 N–H and O–H groups in total. The number of nitrogens with one attached hydrogen (secondary N) is 1. The summed E-state index contributed by atoms with van der Waals surface area (Å²) in [5.41, 5.74) is 2.62. The fraction of sp³-hybridized carbons (Fsp3) is 0.625. The van der Waals surface area contributed by atoms with E-state index in [-0.39, 0.29) is 0 Å². The molecule has 1 aliphatic heterocycles. The maximum atomic E-state index is 5.69. The van der Waals surface area contributed by atoms with Crippen LogP contribution in [0.3, 0.4) is 0 Å². The lowest BCUT2D eigenvalue weighted by Crippen LogP contribution is -2.35. The predicted molar refractivity (Wildman–Crippen MR) is 77.2 cm³/mol. The van der Waals surface area contributed by atoms with Gasteiger partial charge in [0.05, 0.1) is 19.8 Å². The summed E-state index contributed by atoms with van der Waals surface area (Å²) in [6.07, 6.45) is 1.39. The third-order valence-electron chi connectivity index (χ3n) is 3.26. The zero-order valence-corrected chi connectivity index (χ0v) is 12.0. The smallest absolute Gasteiger partial charge is 0.105 e. The summed E-state index contributed by atoms with van der Waals surface area (Å²) in [6, 6.07) is 8.73. The number of ether oxygens (including phenoxy) is 2. The van der Waals surface area contributed by atoms with Crippen LogP contribution in [0.1, 0.15) is 25.0 Å². The SMILES string of the molecule is CC(C)CNCCc1ccc(COC2COC2)cc1. The van der Waals surface area contributed by atoms with Crippen LogP contribution in [0.5, 0.6) is 0 Å². The summed E-state index contributed by atoms with van der Waals surface area (Å²) < 4.78 is 10.8. The molecule has 1 saturated heterocycles. The molecule has 1 aromatic carbocycles. The van der Waals surface area contributed by atoms with E-state index < -0.39 is 0 Å². The molecule has 2 rings (SSSR count). The van der Waals surface area contributed by atoms with E-state index in [0.29, 0.717) is 12.7 Å².